The van der Waals surface area contributed by atoms with Crippen molar-refractivity contribution in [3.63, 3.8) is 0 Å². The predicted molar refractivity (Wildman–Crippen MR) is 100 cm³/mol. The van der Waals surface area contributed by atoms with Crippen LogP contribution in [0.4, 0.5) is 0 Å². The molecule has 1 aliphatic heterocycles. The highest BCUT2D eigenvalue weighted by Gasteiger charge is 2.25. The lowest BCUT2D eigenvalue weighted by molar-refractivity contribution is 0.0928. The molecule has 1 saturated carbocycles. The summed E-state index contributed by atoms with van der Waals surface area (Å²) in [6.07, 6.45) is 10.9. The number of pyridine rings is 1. The first-order valence-electron chi connectivity index (χ1n) is 9.63. The van der Waals surface area contributed by atoms with Crippen LogP contribution in [0.1, 0.15) is 73.8 Å². The molecule has 1 unspecified atom stereocenters. The summed E-state index contributed by atoms with van der Waals surface area (Å²) in [7, 11) is 0. The van der Waals surface area contributed by atoms with E-state index in [1.54, 1.807) is 6.20 Å². The minimum atomic E-state index is -0.203. The largest absolute Gasteiger partial charge is 0.349 e. The molecule has 1 aromatic heterocycles. The first-order valence-corrected chi connectivity index (χ1v) is 9.63. The highest BCUT2D eigenvalue weighted by Crippen LogP contribution is 2.30. The van der Waals surface area contributed by atoms with Gasteiger partial charge in [0.2, 0.25) is 5.43 Å². The average Bonchev–Trinajstić information content (AvgIpc) is 2.89. The van der Waals surface area contributed by atoms with Crippen molar-refractivity contribution in [2.75, 3.05) is 0 Å². The summed E-state index contributed by atoms with van der Waals surface area (Å²) in [6.45, 7) is 2.14. The van der Waals surface area contributed by atoms with Crippen molar-refractivity contribution in [1.82, 2.24) is 9.88 Å². The second-order valence-electron chi connectivity index (χ2n) is 7.66. The van der Waals surface area contributed by atoms with Crippen molar-refractivity contribution < 1.29 is 4.79 Å². The molecule has 0 bridgehead atoms. The molecule has 1 atom stereocenters. The van der Waals surface area contributed by atoms with Crippen LogP contribution in [0.25, 0.3) is 10.9 Å². The van der Waals surface area contributed by atoms with Gasteiger partial charge in [0.1, 0.15) is 5.56 Å². The van der Waals surface area contributed by atoms with E-state index < -0.39 is 0 Å². The van der Waals surface area contributed by atoms with E-state index in [0.29, 0.717) is 10.9 Å². The Morgan fingerprint density at radius 3 is 2.60 bits per heavy atom. The number of rotatable bonds is 2. The van der Waals surface area contributed by atoms with Crippen LogP contribution < -0.4 is 10.7 Å². The average molecular weight is 338 g/mol. The maximum atomic E-state index is 12.9. The fourth-order valence-corrected chi connectivity index (χ4v) is 4.44. The Hall–Kier alpha value is -2.10. The van der Waals surface area contributed by atoms with E-state index in [9.17, 15) is 9.59 Å². The standard InChI is InChI=1S/C21H26N2O2/c1-14-12-15-8-7-11-17-19(15)23(14)13-18(20(17)24)21(25)22-16-9-5-3-2-4-6-10-16/h7-8,11,13-14,16H,2-6,9-10,12H2,1H3,(H,22,25). The highest BCUT2D eigenvalue weighted by molar-refractivity contribution is 5.98. The minimum Gasteiger partial charge on any atom is -0.349 e. The zero-order valence-electron chi connectivity index (χ0n) is 14.9. The molecule has 1 aromatic carbocycles. The van der Waals surface area contributed by atoms with Crippen LogP contribution in [0.15, 0.2) is 29.2 Å². The number of nitrogens with zero attached hydrogens (tertiary/aromatic N) is 1. The van der Waals surface area contributed by atoms with Gasteiger partial charge >= 0.3 is 0 Å². The van der Waals surface area contributed by atoms with Gasteiger partial charge in [0.15, 0.2) is 0 Å². The van der Waals surface area contributed by atoms with Gasteiger partial charge in [-0.2, -0.15) is 0 Å². The molecule has 2 heterocycles. The van der Waals surface area contributed by atoms with Crippen molar-refractivity contribution in [1.29, 1.82) is 0 Å². The van der Waals surface area contributed by atoms with Gasteiger partial charge in [-0.15, -0.1) is 0 Å². The van der Waals surface area contributed by atoms with Crippen molar-refractivity contribution in [3.05, 3.63) is 45.7 Å². The first-order chi connectivity index (χ1) is 12.1. The number of carbonyl (C=O) groups is 1. The van der Waals surface area contributed by atoms with Crippen LogP contribution in [0, 0.1) is 0 Å². The molecule has 2 aliphatic rings. The highest BCUT2D eigenvalue weighted by atomic mass is 16.2. The van der Waals surface area contributed by atoms with Crippen LogP contribution in [-0.4, -0.2) is 16.5 Å². The Morgan fingerprint density at radius 2 is 1.84 bits per heavy atom. The second kappa shape index (κ2) is 6.66. The molecule has 1 fully saturated rings. The summed E-state index contributed by atoms with van der Waals surface area (Å²) in [5, 5.41) is 3.81. The van der Waals surface area contributed by atoms with Crippen molar-refractivity contribution >= 4 is 16.8 Å². The van der Waals surface area contributed by atoms with Gasteiger partial charge in [0, 0.05) is 23.7 Å². The third-order valence-corrected chi connectivity index (χ3v) is 5.81. The third-order valence-electron chi connectivity index (χ3n) is 5.81. The van der Waals surface area contributed by atoms with Gasteiger partial charge in [0.25, 0.3) is 5.91 Å². The van der Waals surface area contributed by atoms with Crippen LogP contribution in [0.5, 0.6) is 0 Å². The second-order valence-corrected chi connectivity index (χ2v) is 7.66. The molecule has 2 aromatic rings. The molecule has 4 rings (SSSR count). The van der Waals surface area contributed by atoms with Gasteiger partial charge in [-0.3, -0.25) is 9.59 Å². The summed E-state index contributed by atoms with van der Waals surface area (Å²) in [5.41, 5.74) is 2.36. The van der Waals surface area contributed by atoms with E-state index in [-0.39, 0.29) is 23.4 Å². The Labute approximate surface area is 148 Å². The molecule has 1 N–H and O–H groups in total. The molecule has 1 aliphatic carbocycles. The summed E-state index contributed by atoms with van der Waals surface area (Å²) >= 11 is 0. The Bertz CT molecular complexity index is 860. The normalized spacial score (nSPS) is 21.1. The number of carbonyl (C=O) groups excluding carboxylic acids is 1. The van der Waals surface area contributed by atoms with E-state index >= 15 is 0 Å². The van der Waals surface area contributed by atoms with Crippen LogP contribution >= 0.6 is 0 Å². The molecule has 0 radical (unpaired) electrons. The fourth-order valence-electron chi connectivity index (χ4n) is 4.44. The number of hydrogen-bond acceptors (Lipinski definition) is 2. The quantitative estimate of drug-likeness (QED) is 0.901. The topological polar surface area (TPSA) is 51.1 Å². The van der Waals surface area contributed by atoms with Gasteiger partial charge < -0.3 is 9.88 Å². The number of hydrogen-bond donors (Lipinski definition) is 1. The molecular weight excluding hydrogens is 312 g/mol. The zero-order chi connectivity index (χ0) is 17.4. The van der Waals surface area contributed by atoms with E-state index in [1.165, 1.54) is 24.8 Å². The Kier molecular flexibility index (Phi) is 4.36. The lowest BCUT2D eigenvalue weighted by atomic mass is 9.96. The SMILES string of the molecule is CC1Cc2cccc3c(=O)c(C(=O)NC4CCCCCCC4)cn1c23. The maximum absolute atomic E-state index is 12.9. The molecule has 0 spiro atoms. The van der Waals surface area contributed by atoms with E-state index in [1.807, 2.05) is 12.1 Å². The predicted octanol–water partition coefficient (Wildman–Crippen LogP) is 3.96. The number of amides is 1. The van der Waals surface area contributed by atoms with Crippen molar-refractivity contribution in [2.45, 2.75) is 70.4 Å². The van der Waals surface area contributed by atoms with Gasteiger partial charge in [0.05, 0.1) is 5.52 Å². The molecule has 4 nitrogen and oxygen atoms in total. The summed E-state index contributed by atoms with van der Waals surface area (Å²) in [4.78, 5) is 25.7. The molecule has 132 valence electrons. The molecule has 4 heteroatoms. The fraction of sp³-hybridized carbons (Fsp3) is 0.524. The monoisotopic (exact) mass is 338 g/mol. The molecular formula is C21H26N2O2. The van der Waals surface area contributed by atoms with Crippen molar-refractivity contribution in [3.8, 4) is 0 Å². The van der Waals surface area contributed by atoms with Gasteiger partial charge in [-0.1, -0.05) is 44.2 Å². The Balaban J connectivity index is 1.67. The Morgan fingerprint density at radius 1 is 1.12 bits per heavy atom. The number of aromatic nitrogens is 1. The van der Waals surface area contributed by atoms with Crippen LogP contribution in [0.2, 0.25) is 0 Å². The van der Waals surface area contributed by atoms with E-state index in [4.69, 9.17) is 0 Å². The molecule has 25 heavy (non-hydrogen) atoms. The van der Waals surface area contributed by atoms with Crippen LogP contribution in [-0.2, 0) is 6.42 Å². The summed E-state index contributed by atoms with van der Waals surface area (Å²) < 4.78 is 2.11. The van der Waals surface area contributed by atoms with Crippen LogP contribution in [0.3, 0.4) is 0 Å². The molecule has 0 saturated heterocycles. The lowest BCUT2D eigenvalue weighted by Crippen LogP contribution is -2.38. The molecule has 1 amide bonds. The van der Waals surface area contributed by atoms with E-state index in [2.05, 4.69) is 22.9 Å². The first kappa shape index (κ1) is 16.4. The summed E-state index contributed by atoms with van der Waals surface area (Å²) in [5.74, 6) is -0.203. The number of benzene rings is 1. The van der Waals surface area contributed by atoms with Gasteiger partial charge in [-0.05, 0) is 37.8 Å². The summed E-state index contributed by atoms with van der Waals surface area (Å²) in [6, 6.07) is 6.34. The number of nitrogens with one attached hydrogen (secondary N) is 1. The third kappa shape index (κ3) is 2.99. The number of para-hydroxylation sites is 1. The lowest BCUT2D eigenvalue weighted by Gasteiger charge is -2.21. The smallest absolute Gasteiger partial charge is 0.256 e. The van der Waals surface area contributed by atoms with E-state index in [0.717, 1.165) is 37.6 Å². The van der Waals surface area contributed by atoms with Crippen molar-refractivity contribution in [2.24, 2.45) is 0 Å². The zero-order valence-corrected chi connectivity index (χ0v) is 14.9. The maximum Gasteiger partial charge on any atom is 0.256 e. The minimum absolute atomic E-state index is 0.134. The van der Waals surface area contributed by atoms with Gasteiger partial charge in [-0.25, -0.2) is 0 Å².